The first-order valence-corrected chi connectivity index (χ1v) is 13.5. The summed E-state index contributed by atoms with van der Waals surface area (Å²) in [6.45, 7) is 3.96. The van der Waals surface area contributed by atoms with E-state index in [0.29, 0.717) is 37.5 Å². The van der Waals surface area contributed by atoms with Gasteiger partial charge in [-0.1, -0.05) is 79.5 Å². The van der Waals surface area contributed by atoms with Crippen LogP contribution in [0.25, 0.3) is 10.8 Å². The number of amides is 2. The lowest BCUT2D eigenvalue weighted by molar-refractivity contribution is -0.139. The maximum absolute atomic E-state index is 13.5. The summed E-state index contributed by atoms with van der Waals surface area (Å²) in [5.74, 6) is -0.0292. The molecule has 3 aromatic carbocycles. The molecular weight excluding hydrogens is 484 g/mol. The number of fused-ring (bicyclic) bond motifs is 1. The number of nitrogens with zero attached hydrogens (tertiary/aromatic N) is 2. The first-order valence-electron chi connectivity index (χ1n) is 13.1. The fraction of sp³-hybridized carbons (Fsp3) is 0.400. The van der Waals surface area contributed by atoms with E-state index in [2.05, 4.69) is 47.5 Å². The van der Waals surface area contributed by atoms with Gasteiger partial charge in [0, 0.05) is 37.7 Å². The van der Waals surface area contributed by atoms with Crippen molar-refractivity contribution < 1.29 is 9.59 Å². The van der Waals surface area contributed by atoms with Crippen LogP contribution in [0.3, 0.4) is 0 Å². The molecule has 0 aliphatic carbocycles. The van der Waals surface area contributed by atoms with Crippen LogP contribution in [-0.4, -0.2) is 66.4 Å². The van der Waals surface area contributed by atoms with Gasteiger partial charge in [0.05, 0.1) is 12.1 Å². The Morgan fingerprint density at radius 1 is 1.00 bits per heavy atom. The van der Waals surface area contributed by atoms with Crippen LogP contribution in [0.1, 0.15) is 30.9 Å². The van der Waals surface area contributed by atoms with Gasteiger partial charge in [0.1, 0.15) is 0 Å². The molecule has 1 saturated heterocycles. The third-order valence-corrected chi connectivity index (χ3v) is 7.59. The van der Waals surface area contributed by atoms with E-state index in [1.807, 2.05) is 41.3 Å². The van der Waals surface area contributed by atoms with Crippen molar-refractivity contribution in [3.05, 3.63) is 82.9 Å². The monoisotopic (exact) mass is 520 g/mol. The van der Waals surface area contributed by atoms with Gasteiger partial charge >= 0.3 is 0 Å². The maximum atomic E-state index is 13.5. The summed E-state index contributed by atoms with van der Waals surface area (Å²) in [4.78, 5) is 30.6. The van der Waals surface area contributed by atoms with Crippen LogP contribution in [0.4, 0.5) is 0 Å². The first-order chi connectivity index (χ1) is 17.9. The van der Waals surface area contributed by atoms with E-state index in [4.69, 9.17) is 17.3 Å². The minimum atomic E-state index is -0.601. The molecule has 3 N–H and O–H groups in total. The van der Waals surface area contributed by atoms with Crippen molar-refractivity contribution in [1.82, 2.24) is 15.1 Å². The fourth-order valence-electron chi connectivity index (χ4n) is 5.35. The van der Waals surface area contributed by atoms with Crippen LogP contribution < -0.4 is 11.1 Å². The van der Waals surface area contributed by atoms with Crippen molar-refractivity contribution in [2.75, 3.05) is 26.7 Å². The lowest BCUT2D eigenvalue weighted by Gasteiger charge is -2.44. The van der Waals surface area contributed by atoms with E-state index in [9.17, 15) is 9.59 Å². The van der Waals surface area contributed by atoms with Crippen LogP contribution >= 0.6 is 11.6 Å². The van der Waals surface area contributed by atoms with Gasteiger partial charge in [0.2, 0.25) is 11.8 Å². The fourth-order valence-corrected chi connectivity index (χ4v) is 5.48. The van der Waals surface area contributed by atoms with Crippen molar-refractivity contribution in [2.45, 2.75) is 50.7 Å². The van der Waals surface area contributed by atoms with Crippen molar-refractivity contribution in [1.29, 1.82) is 0 Å². The smallest absolute Gasteiger partial charge is 0.240 e. The Bertz CT molecular complexity index is 1220. The molecule has 3 aromatic rings. The Morgan fingerprint density at radius 3 is 2.41 bits per heavy atom. The zero-order valence-electron chi connectivity index (χ0n) is 21.7. The maximum Gasteiger partial charge on any atom is 0.240 e. The molecule has 1 aliphatic heterocycles. The molecule has 0 spiro atoms. The average Bonchev–Trinajstić information content (AvgIpc) is 2.92. The Labute approximate surface area is 224 Å². The molecular formula is C30H37ClN4O2. The number of nitrogens with one attached hydrogen (secondary N) is 1. The molecule has 7 heteroatoms. The van der Waals surface area contributed by atoms with E-state index in [0.717, 1.165) is 29.4 Å². The zero-order valence-corrected chi connectivity index (χ0v) is 22.5. The molecule has 0 radical (unpaired) electrons. The molecule has 37 heavy (non-hydrogen) atoms. The number of carbonyl (C=O) groups excluding carboxylic acids is 2. The number of benzene rings is 3. The largest absolute Gasteiger partial charge is 0.358 e. The third-order valence-electron chi connectivity index (χ3n) is 7.34. The number of hydrogen-bond donors (Lipinski definition) is 2. The van der Waals surface area contributed by atoms with E-state index in [1.165, 1.54) is 5.39 Å². The Balaban J connectivity index is 1.45. The van der Waals surface area contributed by atoms with E-state index >= 15 is 0 Å². The van der Waals surface area contributed by atoms with Gasteiger partial charge in [0.15, 0.2) is 0 Å². The quantitative estimate of drug-likeness (QED) is 0.446. The highest BCUT2D eigenvalue weighted by atomic mass is 35.5. The van der Waals surface area contributed by atoms with Gasteiger partial charge in [-0.3, -0.25) is 14.5 Å². The Morgan fingerprint density at radius 2 is 1.70 bits per heavy atom. The molecule has 196 valence electrons. The predicted molar refractivity (Wildman–Crippen MR) is 151 cm³/mol. The van der Waals surface area contributed by atoms with Gasteiger partial charge < -0.3 is 16.0 Å². The van der Waals surface area contributed by atoms with Gasteiger partial charge in [0.25, 0.3) is 0 Å². The summed E-state index contributed by atoms with van der Waals surface area (Å²) in [6, 6.07) is 21.2. The molecule has 3 atom stereocenters. The zero-order chi connectivity index (χ0) is 26.4. The van der Waals surface area contributed by atoms with Crippen LogP contribution in [0.2, 0.25) is 5.02 Å². The first kappa shape index (κ1) is 27.1. The summed E-state index contributed by atoms with van der Waals surface area (Å²) < 4.78 is 0. The topological polar surface area (TPSA) is 78.7 Å². The van der Waals surface area contributed by atoms with Crippen molar-refractivity contribution >= 4 is 34.2 Å². The second-order valence-electron chi connectivity index (χ2n) is 9.92. The van der Waals surface area contributed by atoms with Crippen LogP contribution in [0, 0.1) is 0 Å². The molecule has 0 saturated carbocycles. The molecule has 3 unspecified atom stereocenters. The standard InChI is InChI=1S/C30H37ClN4O2/c1-3-6-26-20-34(28(29(36)33-2)19-21-10-13-25(31)14-11-21)15-16-35(26)30(37)27(32)18-22-9-12-23-7-4-5-8-24(23)17-22/h4-5,7-14,17,26-28H,3,6,15-16,18-20,32H2,1-2H3,(H,33,36). The SMILES string of the molecule is CCCC1CN(C(Cc2ccc(Cl)cc2)C(=O)NC)CCN1C(=O)C(N)Cc1ccc2ccccc2c1. The molecule has 1 aliphatic rings. The van der Waals surface area contributed by atoms with Crippen LogP contribution in [0.5, 0.6) is 0 Å². The molecule has 1 fully saturated rings. The van der Waals surface area contributed by atoms with Crippen molar-refractivity contribution in [3.8, 4) is 0 Å². The minimum Gasteiger partial charge on any atom is -0.358 e. The molecule has 4 rings (SSSR count). The molecule has 0 bridgehead atoms. The number of hydrogen-bond acceptors (Lipinski definition) is 4. The lowest BCUT2D eigenvalue weighted by atomic mass is 9.98. The number of halogens is 1. The summed E-state index contributed by atoms with van der Waals surface area (Å²) in [6.07, 6.45) is 2.90. The summed E-state index contributed by atoms with van der Waals surface area (Å²) >= 11 is 6.05. The normalized spacial score (nSPS) is 17.9. The Hall–Kier alpha value is -2.93. The molecule has 2 amide bonds. The van der Waals surface area contributed by atoms with Gasteiger partial charge in [-0.15, -0.1) is 0 Å². The van der Waals surface area contributed by atoms with E-state index < -0.39 is 6.04 Å². The molecule has 0 aromatic heterocycles. The lowest BCUT2D eigenvalue weighted by Crippen LogP contribution is -2.62. The summed E-state index contributed by atoms with van der Waals surface area (Å²) in [5, 5.41) is 5.83. The Kier molecular flexibility index (Phi) is 9.19. The van der Waals surface area contributed by atoms with Gasteiger partial charge in [-0.2, -0.15) is 0 Å². The minimum absolute atomic E-state index is 0.0135. The second-order valence-corrected chi connectivity index (χ2v) is 10.4. The number of rotatable bonds is 9. The predicted octanol–water partition coefficient (Wildman–Crippen LogP) is 4.03. The van der Waals surface area contributed by atoms with Crippen LogP contribution in [-0.2, 0) is 22.4 Å². The highest BCUT2D eigenvalue weighted by molar-refractivity contribution is 6.30. The molecule has 1 heterocycles. The van der Waals surface area contributed by atoms with Crippen LogP contribution in [0.15, 0.2) is 66.7 Å². The molecule has 6 nitrogen and oxygen atoms in total. The van der Waals surface area contributed by atoms with Gasteiger partial charge in [-0.25, -0.2) is 0 Å². The van der Waals surface area contributed by atoms with E-state index in [-0.39, 0.29) is 23.9 Å². The summed E-state index contributed by atoms with van der Waals surface area (Å²) in [5.41, 5.74) is 8.60. The van der Waals surface area contributed by atoms with E-state index in [1.54, 1.807) is 7.05 Å². The second kappa shape index (κ2) is 12.5. The summed E-state index contributed by atoms with van der Waals surface area (Å²) in [7, 11) is 1.67. The van der Waals surface area contributed by atoms with Crippen molar-refractivity contribution in [2.24, 2.45) is 5.73 Å². The third kappa shape index (κ3) is 6.69. The highest BCUT2D eigenvalue weighted by Crippen LogP contribution is 2.22. The number of carbonyl (C=O) groups is 2. The highest BCUT2D eigenvalue weighted by Gasteiger charge is 2.36. The number of likely N-dealkylation sites (N-methyl/N-ethyl adjacent to an activating group) is 1. The van der Waals surface area contributed by atoms with Crippen molar-refractivity contribution in [3.63, 3.8) is 0 Å². The number of nitrogens with two attached hydrogens (primary N) is 1. The number of piperazine rings is 1. The van der Waals surface area contributed by atoms with Gasteiger partial charge in [-0.05, 0) is 53.3 Å². The average molecular weight is 521 g/mol.